The number of rotatable bonds is 7. The molecule has 1 unspecified atom stereocenters. The molecular weight excluding hydrogens is 424 g/mol. The first-order valence-corrected chi connectivity index (χ1v) is 13.9. The van der Waals surface area contributed by atoms with Crippen molar-refractivity contribution in [2.75, 3.05) is 50.9 Å². The molecule has 0 aliphatic carbocycles. The maximum atomic E-state index is 13.5. The van der Waals surface area contributed by atoms with Gasteiger partial charge in [-0.25, -0.2) is 16.8 Å². The second-order valence-electron chi connectivity index (χ2n) is 9.25. The van der Waals surface area contributed by atoms with Crippen LogP contribution in [-0.2, 0) is 30.0 Å². The van der Waals surface area contributed by atoms with Gasteiger partial charge in [0.05, 0.1) is 29.6 Å². The normalized spacial score (nSPS) is 23.1. The van der Waals surface area contributed by atoms with Crippen molar-refractivity contribution >= 4 is 19.9 Å². The van der Waals surface area contributed by atoms with Gasteiger partial charge >= 0.3 is 0 Å². The zero-order valence-corrected chi connectivity index (χ0v) is 19.8. The maximum Gasteiger partial charge on any atom is 0.243 e. The molecular formula is C21H34N2O5S2. The minimum absolute atomic E-state index is 0.0517. The number of hydrogen-bond donors (Lipinski definition) is 0. The van der Waals surface area contributed by atoms with Gasteiger partial charge in [-0.15, -0.1) is 0 Å². The lowest BCUT2D eigenvalue weighted by Gasteiger charge is -2.30. The van der Waals surface area contributed by atoms with Crippen LogP contribution in [0.5, 0.6) is 0 Å². The van der Waals surface area contributed by atoms with E-state index >= 15 is 0 Å². The molecule has 0 saturated carbocycles. The first kappa shape index (κ1) is 23.7. The summed E-state index contributed by atoms with van der Waals surface area (Å²) in [6.07, 6.45) is 1.02. The molecule has 7 nitrogen and oxygen atoms in total. The number of sulfonamides is 1. The Labute approximate surface area is 181 Å². The van der Waals surface area contributed by atoms with Crippen molar-refractivity contribution in [3.8, 4) is 0 Å². The molecule has 9 heteroatoms. The van der Waals surface area contributed by atoms with Gasteiger partial charge in [0.1, 0.15) is 0 Å². The molecule has 2 aliphatic heterocycles. The van der Waals surface area contributed by atoms with Crippen molar-refractivity contribution < 1.29 is 21.6 Å². The van der Waals surface area contributed by atoms with E-state index in [0.717, 1.165) is 25.2 Å². The lowest BCUT2D eigenvalue weighted by molar-refractivity contribution is 0.0367. The number of nitrogens with zero attached hydrogens (tertiary/aromatic N) is 2. The van der Waals surface area contributed by atoms with Crippen LogP contribution in [0, 0.1) is 0 Å². The van der Waals surface area contributed by atoms with Gasteiger partial charge in [-0.3, -0.25) is 4.90 Å². The van der Waals surface area contributed by atoms with E-state index in [-0.39, 0.29) is 21.8 Å². The molecule has 1 aromatic rings. The summed E-state index contributed by atoms with van der Waals surface area (Å²) in [6, 6.07) is 6.50. The fourth-order valence-corrected chi connectivity index (χ4v) is 7.56. The lowest BCUT2D eigenvalue weighted by atomic mass is 9.87. The Bertz CT molecular complexity index is 915. The highest BCUT2D eigenvalue weighted by Gasteiger charge is 2.38. The molecule has 2 heterocycles. The standard InChI is InChI=1S/C21H34N2O5S2/c1-21(2,3)18-5-7-20(8-6-18)30(26,27)23(19-9-16-29(24,25)17-19)11-4-10-22-12-14-28-15-13-22/h5-8,19H,4,9-17H2,1-3H3. The quantitative estimate of drug-likeness (QED) is 0.620. The van der Waals surface area contributed by atoms with E-state index < -0.39 is 25.9 Å². The van der Waals surface area contributed by atoms with Crippen molar-refractivity contribution in [3.63, 3.8) is 0 Å². The van der Waals surface area contributed by atoms with Crippen LogP contribution < -0.4 is 0 Å². The molecule has 0 amide bonds. The molecule has 0 aromatic heterocycles. The van der Waals surface area contributed by atoms with Crippen LogP contribution in [0.1, 0.15) is 39.2 Å². The van der Waals surface area contributed by atoms with Crippen molar-refractivity contribution in [2.24, 2.45) is 0 Å². The molecule has 170 valence electrons. The van der Waals surface area contributed by atoms with E-state index in [1.807, 2.05) is 12.1 Å². The highest BCUT2D eigenvalue weighted by atomic mass is 32.2. The van der Waals surface area contributed by atoms with E-state index in [9.17, 15) is 16.8 Å². The molecule has 1 aromatic carbocycles. The minimum Gasteiger partial charge on any atom is -0.379 e. The first-order valence-electron chi connectivity index (χ1n) is 10.6. The van der Waals surface area contributed by atoms with E-state index in [1.165, 1.54) is 4.31 Å². The Morgan fingerprint density at radius 1 is 1.13 bits per heavy atom. The summed E-state index contributed by atoms with van der Waals surface area (Å²) < 4.78 is 57.8. The number of benzene rings is 1. The molecule has 2 fully saturated rings. The average Bonchev–Trinajstić information content (AvgIpc) is 3.04. The largest absolute Gasteiger partial charge is 0.379 e. The van der Waals surface area contributed by atoms with Gasteiger partial charge in [-0.2, -0.15) is 4.31 Å². The van der Waals surface area contributed by atoms with Crippen molar-refractivity contribution in [1.29, 1.82) is 0 Å². The summed E-state index contributed by atoms with van der Waals surface area (Å²) in [4.78, 5) is 2.49. The van der Waals surface area contributed by atoms with E-state index in [0.29, 0.717) is 32.6 Å². The average molecular weight is 459 g/mol. The van der Waals surface area contributed by atoms with E-state index in [4.69, 9.17) is 4.74 Å². The fraction of sp³-hybridized carbons (Fsp3) is 0.714. The molecule has 0 radical (unpaired) electrons. The summed E-state index contributed by atoms with van der Waals surface area (Å²) in [5, 5.41) is 0. The van der Waals surface area contributed by atoms with Crippen LogP contribution >= 0.6 is 0 Å². The van der Waals surface area contributed by atoms with Gasteiger partial charge < -0.3 is 4.74 Å². The van der Waals surface area contributed by atoms with Gasteiger partial charge in [-0.05, 0) is 42.5 Å². The Balaban J connectivity index is 1.78. The zero-order chi connectivity index (χ0) is 22.0. The minimum atomic E-state index is -3.77. The second-order valence-corrected chi connectivity index (χ2v) is 13.4. The zero-order valence-electron chi connectivity index (χ0n) is 18.2. The van der Waals surface area contributed by atoms with Crippen LogP contribution in [-0.4, -0.2) is 83.0 Å². The Kier molecular flexibility index (Phi) is 7.29. The van der Waals surface area contributed by atoms with Crippen LogP contribution in [0.15, 0.2) is 29.2 Å². The van der Waals surface area contributed by atoms with Crippen LogP contribution in [0.3, 0.4) is 0 Å². The van der Waals surface area contributed by atoms with Gasteiger partial charge in [0, 0.05) is 25.7 Å². The third kappa shape index (κ3) is 5.82. The smallest absolute Gasteiger partial charge is 0.243 e. The highest BCUT2D eigenvalue weighted by Crippen LogP contribution is 2.28. The molecule has 0 bridgehead atoms. The molecule has 2 saturated heterocycles. The molecule has 0 spiro atoms. The monoisotopic (exact) mass is 458 g/mol. The summed E-state index contributed by atoms with van der Waals surface area (Å²) in [5.41, 5.74) is 0.989. The molecule has 2 aliphatic rings. The second kappa shape index (κ2) is 9.24. The van der Waals surface area contributed by atoms with Crippen molar-refractivity contribution in [1.82, 2.24) is 9.21 Å². The predicted molar refractivity (Wildman–Crippen MR) is 118 cm³/mol. The van der Waals surface area contributed by atoms with E-state index in [2.05, 4.69) is 25.7 Å². The molecule has 30 heavy (non-hydrogen) atoms. The fourth-order valence-electron chi connectivity index (χ4n) is 4.04. The van der Waals surface area contributed by atoms with Gasteiger partial charge in [0.15, 0.2) is 9.84 Å². The number of hydrogen-bond acceptors (Lipinski definition) is 6. The Morgan fingerprint density at radius 2 is 1.77 bits per heavy atom. The summed E-state index contributed by atoms with van der Waals surface area (Å²) >= 11 is 0. The summed E-state index contributed by atoms with van der Waals surface area (Å²) in [7, 11) is -6.96. The molecule has 3 rings (SSSR count). The van der Waals surface area contributed by atoms with Gasteiger partial charge in [-0.1, -0.05) is 32.9 Å². The SMILES string of the molecule is CC(C)(C)c1ccc(S(=O)(=O)N(CCCN2CCOCC2)C2CCS(=O)(=O)C2)cc1. The van der Waals surface area contributed by atoms with Crippen LogP contribution in [0.25, 0.3) is 0 Å². The number of morpholine rings is 1. The van der Waals surface area contributed by atoms with Gasteiger partial charge in [0.2, 0.25) is 10.0 Å². The summed E-state index contributed by atoms with van der Waals surface area (Å²) in [5.74, 6) is -0.0417. The van der Waals surface area contributed by atoms with Crippen LogP contribution in [0.2, 0.25) is 0 Å². The third-order valence-corrected chi connectivity index (χ3v) is 9.62. The summed E-state index contributed by atoms with van der Waals surface area (Å²) in [6.45, 7) is 10.4. The Hall–Kier alpha value is -1.00. The van der Waals surface area contributed by atoms with E-state index in [1.54, 1.807) is 12.1 Å². The molecule has 1 atom stereocenters. The molecule has 0 N–H and O–H groups in total. The van der Waals surface area contributed by atoms with Crippen molar-refractivity contribution in [2.45, 2.75) is 50.0 Å². The first-order chi connectivity index (χ1) is 14.0. The topological polar surface area (TPSA) is 84.0 Å². The van der Waals surface area contributed by atoms with Gasteiger partial charge in [0.25, 0.3) is 0 Å². The van der Waals surface area contributed by atoms with Crippen molar-refractivity contribution in [3.05, 3.63) is 29.8 Å². The third-order valence-electron chi connectivity index (χ3n) is 5.90. The number of ether oxygens (including phenoxy) is 1. The lowest BCUT2D eigenvalue weighted by Crippen LogP contribution is -2.43. The highest BCUT2D eigenvalue weighted by molar-refractivity contribution is 7.92. The maximum absolute atomic E-state index is 13.5. The van der Waals surface area contributed by atoms with Crippen LogP contribution in [0.4, 0.5) is 0 Å². The number of sulfone groups is 1. The predicted octanol–water partition coefficient (Wildman–Crippen LogP) is 1.88. The Morgan fingerprint density at radius 3 is 2.30 bits per heavy atom.